The zero-order chi connectivity index (χ0) is 20.8. The maximum Gasteiger partial charge on any atom is 0.415 e. The summed E-state index contributed by atoms with van der Waals surface area (Å²) >= 11 is 1.65. The van der Waals surface area contributed by atoms with Gasteiger partial charge in [-0.05, 0) is 24.6 Å². The van der Waals surface area contributed by atoms with E-state index in [0.29, 0.717) is 18.8 Å². The van der Waals surface area contributed by atoms with Gasteiger partial charge in [-0.25, -0.2) is 9.78 Å². The highest BCUT2D eigenvalue weighted by Gasteiger charge is 2.23. The summed E-state index contributed by atoms with van der Waals surface area (Å²) < 4.78 is 5.57. The lowest BCUT2D eigenvalue weighted by atomic mass is 10.1. The third-order valence-electron chi connectivity index (χ3n) is 4.95. The monoisotopic (exact) mass is 424 g/mol. The SMILES string of the molecule is CC(Sc1ncc[nH]1)c1ccc(OC(=O)N2CCN(Cc3cnccn3)CC2)cc1. The number of piperazine rings is 1. The summed E-state index contributed by atoms with van der Waals surface area (Å²) in [4.78, 5) is 32.3. The average Bonchev–Trinajstić information content (AvgIpc) is 3.28. The minimum atomic E-state index is -0.306. The number of amides is 1. The van der Waals surface area contributed by atoms with Gasteiger partial charge in [0.05, 0.1) is 5.69 Å². The minimum absolute atomic E-state index is 0.239. The lowest BCUT2D eigenvalue weighted by Crippen LogP contribution is -2.49. The van der Waals surface area contributed by atoms with Crippen LogP contribution in [0, 0.1) is 0 Å². The standard InChI is InChI=1S/C21H24N6O2S/c1-16(30-20-24-8-9-25-20)17-2-4-19(5-3-17)29-21(28)27-12-10-26(11-13-27)15-18-14-22-6-7-23-18/h2-9,14,16H,10-13,15H2,1H3,(H,24,25). The Kier molecular flexibility index (Phi) is 6.60. The van der Waals surface area contributed by atoms with E-state index in [-0.39, 0.29) is 11.3 Å². The normalized spacial score (nSPS) is 15.7. The van der Waals surface area contributed by atoms with Gasteiger partial charge in [-0.2, -0.15) is 0 Å². The summed E-state index contributed by atoms with van der Waals surface area (Å²) in [6.45, 7) is 5.70. The highest BCUT2D eigenvalue weighted by atomic mass is 32.2. The fourth-order valence-electron chi connectivity index (χ4n) is 3.25. The Morgan fingerprint density at radius 2 is 1.93 bits per heavy atom. The summed E-state index contributed by atoms with van der Waals surface area (Å²) in [6.07, 6.45) is 8.39. The number of nitrogens with one attached hydrogen (secondary N) is 1. The van der Waals surface area contributed by atoms with Crippen molar-refractivity contribution in [3.63, 3.8) is 0 Å². The summed E-state index contributed by atoms with van der Waals surface area (Å²) in [5.74, 6) is 0.556. The zero-order valence-electron chi connectivity index (χ0n) is 16.8. The number of aromatic nitrogens is 4. The molecule has 2 aromatic heterocycles. The van der Waals surface area contributed by atoms with Crippen molar-refractivity contribution in [2.75, 3.05) is 26.2 Å². The number of benzene rings is 1. The molecule has 0 radical (unpaired) electrons. The molecule has 9 heteroatoms. The van der Waals surface area contributed by atoms with E-state index in [1.165, 1.54) is 0 Å². The predicted molar refractivity (Wildman–Crippen MR) is 114 cm³/mol. The molecule has 0 aliphatic carbocycles. The molecule has 156 valence electrons. The number of hydrogen-bond acceptors (Lipinski definition) is 7. The van der Waals surface area contributed by atoms with Crippen LogP contribution >= 0.6 is 11.8 Å². The Labute approximate surface area is 179 Å². The molecule has 1 amide bonds. The van der Waals surface area contributed by atoms with Crippen LogP contribution in [0.3, 0.4) is 0 Å². The van der Waals surface area contributed by atoms with Gasteiger partial charge >= 0.3 is 6.09 Å². The number of imidazole rings is 1. The van der Waals surface area contributed by atoms with Crippen molar-refractivity contribution in [2.24, 2.45) is 0 Å². The minimum Gasteiger partial charge on any atom is -0.410 e. The summed E-state index contributed by atoms with van der Waals surface area (Å²) in [5, 5.41) is 1.12. The molecule has 4 rings (SSSR count). The second-order valence-corrected chi connectivity index (χ2v) is 8.38. The molecule has 0 saturated carbocycles. The van der Waals surface area contributed by atoms with Crippen molar-refractivity contribution in [2.45, 2.75) is 23.9 Å². The van der Waals surface area contributed by atoms with Crippen molar-refractivity contribution in [1.29, 1.82) is 0 Å². The Morgan fingerprint density at radius 3 is 2.60 bits per heavy atom. The fourth-order valence-corrected chi connectivity index (χ4v) is 4.14. The van der Waals surface area contributed by atoms with E-state index in [4.69, 9.17) is 4.74 Å². The van der Waals surface area contributed by atoms with E-state index in [1.54, 1.807) is 41.4 Å². The van der Waals surface area contributed by atoms with Crippen LogP contribution in [0.15, 0.2) is 60.4 Å². The van der Waals surface area contributed by atoms with Gasteiger partial charge in [0, 0.05) is 69.0 Å². The van der Waals surface area contributed by atoms with Crippen molar-refractivity contribution >= 4 is 17.9 Å². The number of aromatic amines is 1. The number of carbonyl (C=O) groups is 1. The van der Waals surface area contributed by atoms with E-state index in [1.807, 2.05) is 30.5 Å². The van der Waals surface area contributed by atoms with Gasteiger partial charge in [0.25, 0.3) is 0 Å². The molecular weight excluding hydrogens is 400 g/mol. The predicted octanol–water partition coefficient (Wildman–Crippen LogP) is 3.37. The summed E-state index contributed by atoms with van der Waals surface area (Å²) in [6, 6.07) is 7.66. The first-order valence-corrected chi connectivity index (χ1v) is 10.8. The summed E-state index contributed by atoms with van der Waals surface area (Å²) in [7, 11) is 0. The smallest absolute Gasteiger partial charge is 0.410 e. The van der Waals surface area contributed by atoms with Crippen molar-refractivity contribution < 1.29 is 9.53 Å². The first-order valence-electron chi connectivity index (χ1n) is 9.87. The highest BCUT2D eigenvalue weighted by Crippen LogP contribution is 2.33. The molecule has 1 aliphatic rings. The molecule has 1 unspecified atom stereocenters. The van der Waals surface area contributed by atoms with Crippen LogP contribution in [0.1, 0.15) is 23.4 Å². The van der Waals surface area contributed by atoms with Gasteiger partial charge in [-0.3, -0.25) is 14.9 Å². The highest BCUT2D eigenvalue weighted by molar-refractivity contribution is 7.99. The molecule has 3 aromatic rings. The number of hydrogen-bond donors (Lipinski definition) is 1. The van der Waals surface area contributed by atoms with E-state index in [0.717, 1.165) is 36.0 Å². The average molecular weight is 425 g/mol. The first kappa shape index (κ1) is 20.4. The summed E-state index contributed by atoms with van der Waals surface area (Å²) in [5.41, 5.74) is 2.09. The topological polar surface area (TPSA) is 87.2 Å². The lowest BCUT2D eigenvalue weighted by molar-refractivity contribution is 0.107. The molecule has 1 N–H and O–H groups in total. The quantitative estimate of drug-likeness (QED) is 0.607. The van der Waals surface area contributed by atoms with Gasteiger partial charge in [-0.15, -0.1) is 0 Å². The Morgan fingerprint density at radius 1 is 1.13 bits per heavy atom. The van der Waals surface area contributed by atoms with Crippen molar-refractivity contribution in [3.05, 3.63) is 66.5 Å². The number of nitrogens with zero attached hydrogens (tertiary/aromatic N) is 5. The van der Waals surface area contributed by atoms with E-state index >= 15 is 0 Å². The largest absolute Gasteiger partial charge is 0.415 e. The molecule has 1 fully saturated rings. The van der Waals surface area contributed by atoms with Crippen LogP contribution < -0.4 is 4.74 Å². The maximum atomic E-state index is 12.5. The maximum absolute atomic E-state index is 12.5. The number of ether oxygens (including phenoxy) is 1. The van der Waals surface area contributed by atoms with Crippen molar-refractivity contribution in [1.82, 2.24) is 29.7 Å². The molecule has 0 spiro atoms. The molecule has 0 bridgehead atoms. The third-order valence-corrected chi connectivity index (χ3v) is 6.02. The van der Waals surface area contributed by atoms with Crippen LogP contribution in [0.25, 0.3) is 0 Å². The van der Waals surface area contributed by atoms with Gasteiger partial charge in [0.15, 0.2) is 5.16 Å². The zero-order valence-corrected chi connectivity index (χ0v) is 17.6. The number of H-pyrrole nitrogens is 1. The van der Waals surface area contributed by atoms with Crippen LogP contribution in [0.5, 0.6) is 5.75 Å². The molecule has 1 aromatic carbocycles. The van der Waals surface area contributed by atoms with Crippen LogP contribution in [0.4, 0.5) is 4.79 Å². The van der Waals surface area contributed by atoms with E-state index in [9.17, 15) is 4.79 Å². The molecule has 3 heterocycles. The Balaban J connectivity index is 1.25. The van der Waals surface area contributed by atoms with Gasteiger partial charge in [0.2, 0.25) is 0 Å². The fraction of sp³-hybridized carbons (Fsp3) is 0.333. The van der Waals surface area contributed by atoms with Gasteiger partial charge < -0.3 is 14.6 Å². The first-order chi connectivity index (χ1) is 14.7. The number of rotatable bonds is 6. The van der Waals surface area contributed by atoms with Gasteiger partial charge in [0.1, 0.15) is 5.75 Å². The van der Waals surface area contributed by atoms with Crippen LogP contribution in [0.2, 0.25) is 0 Å². The van der Waals surface area contributed by atoms with Crippen LogP contribution in [-0.2, 0) is 6.54 Å². The lowest BCUT2D eigenvalue weighted by Gasteiger charge is -2.33. The second kappa shape index (κ2) is 9.73. The van der Waals surface area contributed by atoms with Crippen LogP contribution in [-0.4, -0.2) is 62.0 Å². The molecule has 30 heavy (non-hydrogen) atoms. The Bertz CT molecular complexity index is 928. The Hall–Kier alpha value is -2.91. The van der Waals surface area contributed by atoms with Crippen molar-refractivity contribution in [3.8, 4) is 5.75 Å². The van der Waals surface area contributed by atoms with E-state index in [2.05, 4.69) is 31.8 Å². The molecule has 1 atom stereocenters. The number of carbonyl (C=O) groups excluding carboxylic acids is 1. The molecular formula is C21H24N6O2S. The molecule has 1 saturated heterocycles. The molecule has 8 nitrogen and oxygen atoms in total. The molecule has 1 aliphatic heterocycles. The van der Waals surface area contributed by atoms with Gasteiger partial charge in [-0.1, -0.05) is 23.9 Å². The second-order valence-electron chi connectivity index (χ2n) is 7.05. The number of thioether (sulfide) groups is 1. The van der Waals surface area contributed by atoms with E-state index < -0.39 is 0 Å². The third kappa shape index (κ3) is 5.37.